The van der Waals surface area contributed by atoms with Gasteiger partial charge in [0.15, 0.2) is 0 Å². The van der Waals surface area contributed by atoms with Crippen molar-refractivity contribution in [2.75, 3.05) is 25.1 Å². The van der Waals surface area contributed by atoms with Crippen molar-refractivity contribution in [1.29, 1.82) is 0 Å². The molecular weight excluding hydrogens is 234 g/mol. The smallest absolute Gasteiger partial charge is 0.249 e. The third-order valence-electron chi connectivity index (χ3n) is 2.77. The molecule has 2 heterocycles. The Morgan fingerprint density at radius 3 is 2.94 bits per heavy atom. The van der Waals surface area contributed by atoms with Crippen LogP contribution >= 0.6 is 0 Å². The van der Waals surface area contributed by atoms with Crippen LogP contribution in [-0.2, 0) is 9.53 Å². The predicted molar refractivity (Wildman–Crippen MR) is 65.2 cm³/mol. The van der Waals surface area contributed by atoms with Gasteiger partial charge in [0, 0.05) is 19.0 Å². The van der Waals surface area contributed by atoms with Crippen LogP contribution < -0.4 is 10.6 Å². The summed E-state index contributed by atoms with van der Waals surface area (Å²) in [5.74, 6) is 0.114. The Hall–Kier alpha value is -1.60. The molecule has 1 aromatic rings. The molecular formula is C11H17N5O2. The van der Waals surface area contributed by atoms with Crippen molar-refractivity contribution in [3.05, 3.63) is 11.4 Å². The van der Waals surface area contributed by atoms with Gasteiger partial charge < -0.3 is 10.1 Å². The van der Waals surface area contributed by atoms with Gasteiger partial charge >= 0.3 is 0 Å². The average molecular weight is 251 g/mol. The molecule has 18 heavy (non-hydrogen) atoms. The van der Waals surface area contributed by atoms with E-state index in [0.717, 1.165) is 17.9 Å². The van der Waals surface area contributed by atoms with Crippen molar-refractivity contribution in [3.8, 4) is 0 Å². The topological polar surface area (TPSA) is 89.0 Å². The van der Waals surface area contributed by atoms with Crippen LogP contribution in [0.2, 0.25) is 0 Å². The lowest BCUT2D eigenvalue weighted by atomic mass is 10.2. The Kier molecular flexibility index (Phi) is 4.16. The average Bonchev–Trinajstić information content (AvgIpc) is 2.35. The van der Waals surface area contributed by atoms with Crippen LogP contribution in [0.5, 0.6) is 0 Å². The number of rotatable bonds is 3. The van der Waals surface area contributed by atoms with Gasteiger partial charge in [0.1, 0.15) is 0 Å². The Labute approximate surface area is 105 Å². The van der Waals surface area contributed by atoms with Gasteiger partial charge in [0.05, 0.1) is 24.6 Å². The summed E-state index contributed by atoms with van der Waals surface area (Å²) in [6.07, 6.45) is 0.344. The molecule has 98 valence electrons. The number of nitrogens with one attached hydrogen (secondary N) is 2. The summed E-state index contributed by atoms with van der Waals surface area (Å²) in [4.78, 5) is 15.9. The van der Waals surface area contributed by atoms with Gasteiger partial charge in [-0.2, -0.15) is 5.10 Å². The normalized spacial score (nSPS) is 19.6. The van der Waals surface area contributed by atoms with E-state index in [9.17, 15) is 4.79 Å². The predicted octanol–water partition coefficient (Wildman–Crippen LogP) is -0.195. The number of anilines is 1. The van der Waals surface area contributed by atoms with E-state index in [1.54, 1.807) is 0 Å². The molecule has 0 bridgehead atoms. The zero-order valence-electron chi connectivity index (χ0n) is 10.6. The monoisotopic (exact) mass is 251 g/mol. The van der Waals surface area contributed by atoms with Gasteiger partial charge in [0.2, 0.25) is 11.9 Å². The minimum atomic E-state index is -0.136. The molecule has 1 unspecified atom stereocenters. The highest BCUT2D eigenvalue weighted by Crippen LogP contribution is 2.04. The van der Waals surface area contributed by atoms with Crippen LogP contribution in [0, 0.1) is 13.8 Å². The van der Waals surface area contributed by atoms with E-state index in [2.05, 4.69) is 25.8 Å². The Balaban J connectivity index is 1.88. The maximum absolute atomic E-state index is 11.8. The molecule has 0 saturated carbocycles. The SMILES string of the molecule is Cc1nnc(NC(=O)CC2COCCN2)nc1C. The molecule has 1 aliphatic heterocycles. The minimum Gasteiger partial charge on any atom is -0.378 e. The fourth-order valence-corrected chi connectivity index (χ4v) is 1.66. The second kappa shape index (κ2) is 5.83. The van der Waals surface area contributed by atoms with Crippen molar-refractivity contribution in [3.63, 3.8) is 0 Å². The summed E-state index contributed by atoms with van der Waals surface area (Å²) in [6, 6.07) is 0.0539. The largest absolute Gasteiger partial charge is 0.378 e. The number of morpholine rings is 1. The first-order valence-electron chi connectivity index (χ1n) is 5.94. The van der Waals surface area contributed by atoms with E-state index in [1.807, 2.05) is 13.8 Å². The molecule has 2 N–H and O–H groups in total. The lowest BCUT2D eigenvalue weighted by Crippen LogP contribution is -2.43. The van der Waals surface area contributed by atoms with E-state index < -0.39 is 0 Å². The van der Waals surface area contributed by atoms with E-state index in [4.69, 9.17) is 4.74 Å². The molecule has 0 radical (unpaired) electrons. The van der Waals surface area contributed by atoms with Gasteiger partial charge in [-0.15, -0.1) is 5.10 Å². The Morgan fingerprint density at radius 1 is 1.44 bits per heavy atom. The summed E-state index contributed by atoms with van der Waals surface area (Å²) < 4.78 is 5.28. The van der Waals surface area contributed by atoms with Crippen molar-refractivity contribution in [2.24, 2.45) is 0 Å². The maximum atomic E-state index is 11.8. The molecule has 1 atom stereocenters. The number of carbonyl (C=O) groups excluding carboxylic acids is 1. The number of hydrogen-bond acceptors (Lipinski definition) is 6. The van der Waals surface area contributed by atoms with Crippen LogP contribution in [0.4, 0.5) is 5.95 Å². The zero-order valence-corrected chi connectivity index (χ0v) is 10.6. The third kappa shape index (κ3) is 3.44. The van der Waals surface area contributed by atoms with E-state index in [0.29, 0.717) is 19.6 Å². The second-order valence-electron chi connectivity index (χ2n) is 4.28. The van der Waals surface area contributed by atoms with Gasteiger partial charge in [-0.05, 0) is 13.8 Å². The van der Waals surface area contributed by atoms with Crippen LogP contribution in [0.15, 0.2) is 0 Å². The highest BCUT2D eigenvalue weighted by molar-refractivity contribution is 5.89. The molecule has 7 nitrogen and oxygen atoms in total. The van der Waals surface area contributed by atoms with Gasteiger partial charge in [-0.25, -0.2) is 4.98 Å². The van der Waals surface area contributed by atoms with Gasteiger partial charge in [-0.1, -0.05) is 0 Å². The highest BCUT2D eigenvalue weighted by Gasteiger charge is 2.17. The summed E-state index contributed by atoms with van der Waals surface area (Å²) in [7, 11) is 0. The van der Waals surface area contributed by atoms with Crippen molar-refractivity contribution in [1.82, 2.24) is 20.5 Å². The number of carbonyl (C=O) groups is 1. The molecule has 0 aliphatic carbocycles. The minimum absolute atomic E-state index is 0.0539. The first-order chi connectivity index (χ1) is 8.65. The molecule has 1 saturated heterocycles. The van der Waals surface area contributed by atoms with Crippen LogP contribution in [0.25, 0.3) is 0 Å². The van der Waals surface area contributed by atoms with Gasteiger partial charge in [-0.3, -0.25) is 10.1 Å². The number of ether oxygens (including phenoxy) is 1. The highest BCUT2D eigenvalue weighted by atomic mass is 16.5. The zero-order chi connectivity index (χ0) is 13.0. The summed E-state index contributed by atoms with van der Waals surface area (Å²) in [5.41, 5.74) is 1.52. The summed E-state index contributed by atoms with van der Waals surface area (Å²) in [5, 5.41) is 13.6. The molecule has 7 heteroatoms. The quantitative estimate of drug-likeness (QED) is 0.773. The fourth-order valence-electron chi connectivity index (χ4n) is 1.66. The molecule has 0 aromatic carbocycles. The van der Waals surface area contributed by atoms with Crippen molar-refractivity contribution >= 4 is 11.9 Å². The summed E-state index contributed by atoms with van der Waals surface area (Å²) >= 11 is 0. The molecule has 1 fully saturated rings. The third-order valence-corrected chi connectivity index (χ3v) is 2.77. The second-order valence-corrected chi connectivity index (χ2v) is 4.28. The number of aromatic nitrogens is 3. The summed E-state index contributed by atoms with van der Waals surface area (Å²) in [6.45, 7) is 5.68. The molecule has 1 aliphatic rings. The van der Waals surface area contributed by atoms with E-state index in [-0.39, 0.29) is 17.9 Å². The number of nitrogens with zero attached hydrogens (tertiary/aromatic N) is 3. The molecule has 0 spiro atoms. The van der Waals surface area contributed by atoms with Crippen molar-refractivity contribution < 1.29 is 9.53 Å². The Bertz CT molecular complexity index is 431. The number of aryl methyl sites for hydroxylation is 2. The first kappa shape index (κ1) is 12.8. The molecule has 1 aromatic heterocycles. The number of hydrogen-bond donors (Lipinski definition) is 2. The van der Waals surface area contributed by atoms with Crippen LogP contribution in [0.3, 0.4) is 0 Å². The Morgan fingerprint density at radius 2 is 2.28 bits per heavy atom. The molecule has 2 rings (SSSR count). The van der Waals surface area contributed by atoms with Crippen molar-refractivity contribution in [2.45, 2.75) is 26.3 Å². The first-order valence-corrected chi connectivity index (χ1v) is 5.94. The lowest BCUT2D eigenvalue weighted by Gasteiger charge is -2.22. The van der Waals surface area contributed by atoms with E-state index >= 15 is 0 Å². The van der Waals surface area contributed by atoms with Crippen LogP contribution in [0.1, 0.15) is 17.8 Å². The fraction of sp³-hybridized carbons (Fsp3) is 0.636. The lowest BCUT2D eigenvalue weighted by molar-refractivity contribution is -0.117. The number of amides is 1. The van der Waals surface area contributed by atoms with Crippen LogP contribution in [-0.4, -0.2) is 46.9 Å². The molecule has 1 amide bonds. The van der Waals surface area contributed by atoms with Gasteiger partial charge in [0.25, 0.3) is 0 Å². The standard InChI is InChI=1S/C11H17N5O2/c1-7-8(2)15-16-11(13-7)14-10(17)5-9-6-18-4-3-12-9/h9,12H,3-6H2,1-2H3,(H,13,14,16,17). The van der Waals surface area contributed by atoms with E-state index in [1.165, 1.54) is 0 Å². The maximum Gasteiger partial charge on any atom is 0.249 e.